The van der Waals surface area contributed by atoms with Gasteiger partial charge in [0, 0.05) is 24.2 Å². The van der Waals surface area contributed by atoms with Gasteiger partial charge in [0.25, 0.3) is 0 Å². The summed E-state index contributed by atoms with van der Waals surface area (Å²) in [5.41, 5.74) is 6.16. The highest BCUT2D eigenvalue weighted by Crippen LogP contribution is 2.21. The highest BCUT2D eigenvalue weighted by Gasteiger charge is 2.10. The number of halogens is 1. The Bertz CT molecular complexity index is 595. The summed E-state index contributed by atoms with van der Waals surface area (Å²) in [6, 6.07) is 4.37. The summed E-state index contributed by atoms with van der Waals surface area (Å²) < 4.78 is 21.2. The van der Waals surface area contributed by atoms with E-state index in [4.69, 9.17) is 10.5 Å². The average molecular weight is 292 g/mol. The molecule has 0 aliphatic rings. The largest absolute Gasteiger partial charge is 0.486 e. The molecule has 0 fully saturated rings. The Labute approximate surface area is 123 Å². The summed E-state index contributed by atoms with van der Waals surface area (Å²) in [4.78, 5) is 4.17. The molecule has 114 valence electrons. The smallest absolute Gasteiger partial charge is 0.164 e. The maximum absolute atomic E-state index is 13.8. The van der Waals surface area contributed by atoms with Crippen LogP contribution in [0.5, 0.6) is 5.75 Å². The van der Waals surface area contributed by atoms with Crippen LogP contribution in [0.4, 0.5) is 4.39 Å². The Hall–Kier alpha value is -1.95. The molecule has 1 atom stereocenters. The minimum Gasteiger partial charge on any atom is -0.486 e. The number of rotatable bonds is 6. The zero-order valence-corrected chi connectivity index (χ0v) is 12.6. The summed E-state index contributed by atoms with van der Waals surface area (Å²) in [5, 5.41) is 4.16. The van der Waals surface area contributed by atoms with Gasteiger partial charge in [0.15, 0.2) is 5.82 Å². The number of hydrogen-bond donors (Lipinski definition) is 1. The number of hydrogen-bond acceptors (Lipinski definition) is 4. The fourth-order valence-corrected chi connectivity index (χ4v) is 2.01. The van der Waals surface area contributed by atoms with Crippen LogP contribution in [0.25, 0.3) is 0 Å². The van der Waals surface area contributed by atoms with Gasteiger partial charge in [0.05, 0.1) is 0 Å². The predicted octanol–water partition coefficient (Wildman–Crippen LogP) is 2.67. The van der Waals surface area contributed by atoms with Crippen molar-refractivity contribution in [2.75, 3.05) is 0 Å². The van der Waals surface area contributed by atoms with Crippen LogP contribution in [0.1, 0.15) is 38.2 Å². The molecular formula is C15H21FN4O. The Balaban J connectivity index is 2.03. The lowest BCUT2D eigenvalue weighted by Gasteiger charge is -2.11. The van der Waals surface area contributed by atoms with E-state index >= 15 is 0 Å². The first-order chi connectivity index (χ1) is 9.97. The first kappa shape index (κ1) is 15.4. The fourth-order valence-electron chi connectivity index (χ4n) is 2.01. The number of nitrogens with zero attached hydrogens (tertiary/aromatic N) is 3. The molecule has 1 aromatic heterocycles. The number of benzene rings is 1. The van der Waals surface area contributed by atoms with Gasteiger partial charge in [0.2, 0.25) is 0 Å². The van der Waals surface area contributed by atoms with E-state index in [1.54, 1.807) is 23.7 Å². The zero-order valence-electron chi connectivity index (χ0n) is 12.6. The Morgan fingerprint density at radius 2 is 2.10 bits per heavy atom. The maximum atomic E-state index is 13.8. The van der Waals surface area contributed by atoms with Crippen molar-refractivity contribution in [3.05, 3.63) is 41.7 Å². The van der Waals surface area contributed by atoms with Crippen LogP contribution in [0, 0.1) is 11.7 Å². The third-order valence-corrected chi connectivity index (χ3v) is 3.06. The third kappa shape index (κ3) is 4.01. The molecule has 21 heavy (non-hydrogen) atoms. The van der Waals surface area contributed by atoms with E-state index in [0.717, 1.165) is 12.4 Å². The van der Waals surface area contributed by atoms with Crippen molar-refractivity contribution in [3.63, 3.8) is 0 Å². The summed E-state index contributed by atoms with van der Waals surface area (Å²) in [5.74, 6) is 1.29. The molecule has 0 amide bonds. The van der Waals surface area contributed by atoms with Gasteiger partial charge in [-0.15, -0.1) is 0 Å². The van der Waals surface area contributed by atoms with Crippen LogP contribution in [-0.2, 0) is 13.2 Å². The lowest BCUT2D eigenvalue weighted by molar-refractivity contribution is 0.281. The van der Waals surface area contributed by atoms with Gasteiger partial charge in [0.1, 0.15) is 24.5 Å². The number of aromatic nitrogens is 3. The molecule has 0 bridgehead atoms. The molecule has 0 spiro atoms. The first-order valence-corrected chi connectivity index (χ1v) is 7.02. The number of nitrogens with two attached hydrogens (primary N) is 1. The van der Waals surface area contributed by atoms with Crippen molar-refractivity contribution in [2.24, 2.45) is 11.7 Å². The fraction of sp³-hybridized carbons (Fsp3) is 0.467. The minimum atomic E-state index is -0.355. The topological polar surface area (TPSA) is 66.0 Å². The summed E-state index contributed by atoms with van der Waals surface area (Å²) in [6.45, 7) is 6.98. The molecular weight excluding hydrogens is 271 g/mol. The third-order valence-electron chi connectivity index (χ3n) is 3.06. The molecule has 1 aromatic carbocycles. The van der Waals surface area contributed by atoms with Crippen LogP contribution in [0.15, 0.2) is 24.5 Å². The number of ether oxygens (including phenoxy) is 1. The SMILES string of the molecule is CC(C)Cn1ncnc1COc1ccc(C(C)N)c(F)c1. The molecule has 0 saturated carbocycles. The Morgan fingerprint density at radius 3 is 2.71 bits per heavy atom. The van der Waals surface area contributed by atoms with E-state index in [2.05, 4.69) is 23.9 Å². The van der Waals surface area contributed by atoms with Gasteiger partial charge >= 0.3 is 0 Å². The zero-order chi connectivity index (χ0) is 15.4. The lowest BCUT2D eigenvalue weighted by Crippen LogP contribution is -2.12. The van der Waals surface area contributed by atoms with E-state index in [1.165, 1.54) is 12.4 Å². The second-order valence-corrected chi connectivity index (χ2v) is 5.51. The molecule has 0 radical (unpaired) electrons. The van der Waals surface area contributed by atoms with Crippen molar-refractivity contribution >= 4 is 0 Å². The molecule has 6 heteroatoms. The van der Waals surface area contributed by atoms with Gasteiger partial charge in [-0.1, -0.05) is 19.9 Å². The van der Waals surface area contributed by atoms with E-state index in [9.17, 15) is 4.39 Å². The normalized spacial score (nSPS) is 12.7. The van der Waals surface area contributed by atoms with Crippen LogP contribution in [-0.4, -0.2) is 14.8 Å². The van der Waals surface area contributed by atoms with Gasteiger partial charge in [-0.05, 0) is 18.9 Å². The quantitative estimate of drug-likeness (QED) is 0.889. The van der Waals surface area contributed by atoms with Gasteiger partial charge in [-0.3, -0.25) is 0 Å². The van der Waals surface area contributed by atoms with E-state index in [-0.39, 0.29) is 18.5 Å². The maximum Gasteiger partial charge on any atom is 0.164 e. The van der Waals surface area contributed by atoms with Gasteiger partial charge < -0.3 is 10.5 Å². The Kier molecular flexibility index (Phi) is 4.90. The summed E-state index contributed by atoms with van der Waals surface area (Å²) in [7, 11) is 0. The molecule has 2 aromatic rings. The summed E-state index contributed by atoms with van der Waals surface area (Å²) in [6.07, 6.45) is 1.50. The molecule has 0 saturated heterocycles. The molecule has 0 aliphatic heterocycles. The lowest BCUT2D eigenvalue weighted by atomic mass is 10.1. The van der Waals surface area contributed by atoms with E-state index in [1.807, 2.05) is 0 Å². The molecule has 5 nitrogen and oxygen atoms in total. The van der Waals surface area contributed by atoms with Crippen molar-refractivity contribution in [2.45, 2.75) is 40.0 Å². The molecule has 2 N–H and O–H groups in total. The van der Waals surface area contributed by atoms with Crippen LogP contribution in [0.3, 0.4) is 0 Å². The summed E-state index contributed by atoms with van der Waals surface area (Å²) >= 11 is 0. The first-order valence-electron chi connectivity index (χ1n) is 7.02. The van der Waals surface area contributed by atoms with Crippen molar-refractivity contribution in [1.82, 2.24) is 14.8 Å². The predicted molar refractivity (Wildman–Crippen MR) is 78.2 cm³/mol. The minimum absolute atomic E-state index is 0.254. The second-order valence-electron chi connectivity index (χ2n) is 5.51. The highest BCUT2D eigenvalue weighted by atomic mass is 19.1. The van der Waals surface area contributed by atoms with E-state index < -0.39 is 0 Å². The average Bonchev–Trinajstić information content (AvgIpc) is 2.82. The van der Waals surface area contributed by atoms with Crippen LogP contribution < -0.4 is 10.5 Å². The standard InChI is InChI=1S/C15H21FN4O/c1-10(2)7-20-15(18-9-19-20)8-21-12-4-5-13(11(3)17)14(16)6-12/h4-6,9-11H,7-8,17H2,1-3H3. The van der Waals surface area contributed by atoms with Gasteiger partial charge in [-0.25, -0.2) is 14.1 Å². The second kappa shape index (κ2) is 6.67. The van der Waals surface area contributed by atoms with Gasteiger partial charge in [-0.2, -0.15) is 5.10 Å². The van der Waals surface area contributed by atoms with Crippen molar-refractivity contribution in [1.29, 1.82) is 0 Å². The van der Waals surface area contributed by atoms with Crippen molar-refractivity contribution in [3.8, 4) is 5.75 Å². The molecule has 0 aliphatic carbocycles. The highest BCUT2D eigenvalue weighted by molar-refractivity contribution is 5.30. The van der Waals surface area contributed by atoms with Crippen molar-refractivity contribution < 1.29 is 9.13 Å². The molecule has 2 rings (SSSR count). The van der Waals surface area contributed by atoms with Crippen LogP contribution in [0.2, 0.25) is 0 Å². The Morgan fingerprint density at radius 1 is 1.33 bits per heavy atom. The molecule has 1 unspecified atom stereocenters. The van der Waals surface area contributed by atoms with Crippen LogP contribution >= 0.6 is 0 Å². The van der Waals surface area contributed by atoms with E-state index in [0.29, 0.717) is 17.2 Å². The molecule has 1 heterocycles. The monoisotopic (exact) mass is 292 g/mol.